The summed E-state index contributed by atoms with van der Waals surface area (Å²) in [6.45, 7) is 3.98. The molecule has 3 aromatic rings. The smallest absolute Gasteiger partial charge is 0.330 e. The Hall–Kier alpha value is -4.37. The molecule has 0 aliphatic heterocycles. The Labute approximate surface area is 186 Å². The van der Waals surface area contributed by atoms with Crippen molar-refractivity contribution in [1.29, 1.82) is 5.26 Å². The highest BCUT2D eigenvalue weighted by Gasteiger charge is 2.07. The number of nitrogens with zero attached hydrogens (tertiary/aromatic N) is 1. The average molecular weight is 426 g/mol. The summed E-state index contributed by atoms with van der Waals surface area (Å²) in [5, 5.41) is 11.8. The molecule has 0 spiro atoms. The number of anilines is 1. The van der Waals surface area contributed by atoms with Crippen LogP contribution in [0.15, 0.2) is 85.5 Å². The van der Waals surface area contributed by atoms with Crippen molar-refractivity contribution in [3.05, 3.63) is 96.6 Å². The summed E-state index contributed by atoms with van der Waals surface area (Å²) in [5.41, 5.74) is 3.79. The van der Waals surface area contributed by atoms with E-state index in [0.717, 1.165) is 17.2 Å². The minimum Gasteiger partial charge on any atom is -0.493 e. The second-order valence-corrected chi connectivity index (χ2v) is 6.82. The van der Waals surface area contributed by atoms with Crippen molar-refractivity contribution in [3.8, 4) is 22.9 Å². The van der Waals surface area contributed by atoms with Gasteiger partial charge in [-0.25, -0.2) is 4.79 Å². The van der Waals surface area contributed by atoms with E-state index in [1.54, 1.807) is 36.4 Å². The Morgan fingerprint density at radius 3 is 2.12 bits per heavy atom. The molecule has 0 aromatic heterocycles. The third kappa shape index (κ3) is 6.31. The van der Waals surface area contributed by atoms with Gasteiger partial charge in [0, 0.05) is 23.7 Å². The molecule has 0 saturated carbocycles. The highest BCUT2D eigenvalue weighted by Crippen LogP contribution is 2.22. The molecule has 0 aliphatic carbocycles. The summed E-state index contributed by atoms with van der Waals surface area (Å²) in [7, 11) is 0. The lowest BCUT2D eigenvalue weighted by molar-refractivity contribution is -0.137. The number of nitrogens with one attached hydrogen (secondary N) is 1. The summed E-state index contributed by atoms with van der Waals surface area (Å²) in [5.74, 6) is -0.0494. The van der Waals surface area contributed by atoms with Gasteiger partial charge < -0.3 is 14.8 Å². The van der Waals surface area contributed by atoms with Crippen LogP contribution >= 0.6 is 0 Å². The molecule has 0 aliphatic rings. The number of benzene rings is 3. The molecule has 0 radical (unpaired) electrons. The van der Waals surface area contributed by atoms with E-state index < -0.39 is 5.97 Å². The molecule has 0 fully saturated rings. The number of hydrogen-bond acceptors (Lipinski definition) is 5. The highest BCUT2D eigenvalue weighted by molar-refractivity contribution is 6.04. The molecule has 160 valence electrons. The number of hydrogen-bond donors (Lipinski definition) is 1. The Kier molecular flexibility index (Phi) is 7.77. The third-order valence-corrected chi connectivity index (χ3v) is 4.57. The van der Waals surface area contributed by atoms with Crippen LogP contribution in [0.2, 0.25) is 0 Å². The summed E-state index contributed by atoms with van der Waals surface area (Å²) in [6, 6.07) is 23.8. The molecule has 3 rings (SSSR count). The lowest BCUT2D eigenvalue weighted by Gasteiger charge is -2.09. The van der Waals surface area contributed by atoms with Gasteiger partial charge in [0.2, 0.25) is 0 Å². The maximum absolute atomic E-state index is 12.5. The van der Waals surface area contributed by atoms with Gasteiger partial charge in [-0.1, -0.05) is 30.8 Å². The van der Waals surface area contributed by atoms with Crippen molar-refractivity contribution < 1.29 is 19.1 Å². The van der Waals surface area contributed by atoms with Crippen LogP contribution in [0.4, 0.5) is 5.69 Å². The normalized spacial score (nSPS) is 9.97. The fourth-order valence-corrected chi connectivity index (χ4v) is 2.87. The van der Waals surface area contributed by atoms with Crippen molar-refractivity contribution in [2.75, 3.05) is 18.5 Å². The molecule has 0 unspecified atom stereocenters. The average Bonchev–Trinajstić information content (AvgIpc) is 2.84. The first-order valence-corrected chi connectivity index (χ1v) is 10.0. The first kappa shape index (κ1) is 22.3. The predicted octanol–water partition coefficient (Wildman–Crippen LogP) is 4.98. The monoisotopic (exact) mass is 426 g/mol. The first-order chi connectivity index (χ1) is 15.6. The Morgan fingerprint density at radius 1 is 0.906 bits per heavy atom. The number of carbonyl (C=O) groups excluding carboxylic acids is 2. The number of ether oxygens (including phenoxy) is 2. The van der Waals surface area contributed by atoms with Crippen molar-refractivity contribution in [1.82, 2.24) is 0 Å². The van der Waals surface area contributed by atoms with E-state index in [1.165, 1.54) is 0 Å². The molecule has 6 nitrogen and oxygen atoms in total. The van der Waals surface area contributed by atoms with E-state index in [4.69, 9.17) is 14.7 Å². The van der Waals surface area contributed by atoms with Crippen LogP contribution < -0.4 is 10.1 Å². The van der Waals surface area contributed by atoms with Gasteiger partial charge in [0.15, 0.2) is 0 Å². The molecule has 6 heteroatoms. The maximum Gasteiger partial charge on any atom is 0.330 e. The fraction of sp³-hybridized carbons (Fsp3) is 0.115. The van der Waals surface area contributed by atoms with E-state index in [1.807, 2.05) is 36.4 Å². The quantitative estimate of drug-likeness (QED) is 0.296. The molecular weight excluding hydrogens is 404 g/mol. The van der Waals surface area contributed by atoms with Gasteiger partial charge >= 0.3 is 5.97 Å². The van der Waals surface area contributed by atoms with Gasteiger partial charge in [0.05, 0.1) is 24.8 Å². The van der Waals surface area contributed by atoms with E-state index in [0.29, 0.717) is 35.6 Å². The minimum atomic E-state index is -0.454. The van der Waals surface area contributed by atoms with Crippen molar-refractivity contribution in [2.45, 2.75) is 6.42 Å². The van der Waals surface area contributed by atoms with Gasteiger partial charge in [-0.3, -0.25) is 4.79 Å². The number of rotatable bonds is 9. The standard InChI is InChI=1S/C26H22N2O4/c1-2-25(29)32-17-3-16-31-24-14-10-22(11-15-24)26(30)28-23-12-8-21(9-13-23)20-6-4-19(18-27)5-7-20/h2,4-15H,1,3,16-17H2,(H,28,30). The van der Waals surface area contributed by atoms with Crippen LogP contribution in [-0.2, 0) is 9.53 Å². The lowest BCUT2D eigenvalue weighted by Crippen LogP contribution is -2.11. The van der Waals surface area contributed by atoms with Gasteiger partial charge in [-0.05, 0) is 59.7 Å². The van der Waals surface area contributed by atoms with Crippen molar-refractivity contribution in [2.24, 2.45) is 0 Å². The molecule has 1 N–H and O–H groups in total. The van der Waals surface area contributed by atoms with E-state index in [-0.39, 0.29) is 12.5 Å². The molecule has 32 heavy (non-hydrogen) atoms. The van der Waals surface area contributed by atoms with Crippen molar-refractivity contribution >= 4 is 17.6 Å². The van der Waals surface area contributed by atoms with E-state index >= 15 is 0 Å². The van der Waals surface area contributed by atoms with Crippen LogP contribution in [0.25, 0.3) is 11.1 Å². The van der Waals surface area contributed by atoms with Crippen LogP contribution in [0.3, 0.4) is 0 Å². The van der Waals surface area contributed by atoms with Crippen LogP contribution in [0.5, 0.6) is 5.75 Å². The zero-order valence-electron chi connectivity index (χ0n) is 17.4. The Balaban J connectivity index is 1.50. The maximum atomic E-state index is 12.5. The van der Waals surface area contributed by atoms with Crippen molar-refractivity contribution in [3.63, 3.8) is 0 Å². The highest BCUT2D eigenvalue weighted by atomic mass is 16.5. The summed E-state index contributed by atoms with van der Waals surface area (Å²) in [6.07, 6.45) is 1.68. The first-order valence-electron chi connectivity index (χ1n) is 10.0. The predicted molar refractivity (Wildman–Crippen MR) is 122 cm³/mol. The zero-order valence-corrected chi connectivity index (χ0v) is 17.4. The molecule has 0 bridgehead atoms. The summed E-state index contributed by atoms with van der Waals surface area (Å²) in [4.78, 5) is 23.5. The molecule has 0 saturated heterocycles. The molecule has 3 aromatic carbocycles. The second kappa shape index (κ2) is 11.1. The van der Waals surface area contributed by atoms with Gasteiger partial charge in [0.25, 0.3) is 5.91 Å². The number of carbonyl (C=O) groups is 2. The third-order valence-electron chi connectivity index (χ3n) is 4.57. The van der Waals surface area contributed by atoms with Crippen LogP contribution in [0.1, 0.15) is 22.3 Å². The fourth-order valence-electron chi connectivity index (χ4n) is 2.87. The Bertz CT molecular complexity index is 1110. The number of amides is 1. The largest absolute Gasteiger partial charge is 0.493 e. The van der Waals surface area contributed by atoms with E-state index in [2.05, 4.69) is 18.0 Å². The summed E-state index contributed by atoms with van der Waals surface area (Å²) < 4.78 is 10.5. The minimum absolute atomic E-state index is 0.223. The Morgan fingerprint density at radius 2 is 1.53 bits per heavy atom. The molecular formula is C26H22N2O4. The van der Waals surface area contributed by atoms with Gasteiger partial charge in [0.1, 0.15) is 5.75 Å². The van der Waals surface area contributed by atoms with Crippen LogP contribution in [-0.4, -0.2) is 25.1 Å². The van der Waals surface area contributed by atoms with Gasteiger partial charge in [-0.2, -0.15) is 5.26 Å². The van der Waals surface area contributed by atoms with E-state index in [9.17, 15) is 9.59 Å². The zero-order chi connectivity index (χ0) is 22.8. The lowest BCUT2D eigenvalue weighted by atomic mass is 10.0. The number of nitriles is 1. The van der Waals surface area contributed by atoms with Gasteiger partial charge in [-0.15, -0.1) is 0 Å². The molecule has 1 amide bonds. The molecule has 0 atom stereocenters. The SMILES string of the molecule is C=CC(=O)OCCCOc1ccc(C(=O)Nc2ccc(-c3ccc(C#N)cc3)cc2)cc1. The summed E-state index contributed by atoms with van der Waals surface area (Å²) >= 11 is 0. The van der Waals surface area contributed by atoms with Crippen LogP contribution in [0, 0.1) is 11.3 Å². The topological polar surface area (TPSA) is 88.4 Å². The number of esters is 1. The second-order valence-electron chi connectivity index (χ2n) is 6.82. The molecule has 0 heterocycles.